The number of rotatable bonds is 5. The molecule has 1 aliphatic carbocycles. The molecule has 0 aromatic carbocycles. The fourth-order valence-corrected chi connectivity index (χ4v) is 6.27. The van der Waals surface area contributed by atoms with Crippen molar-refractivity contribution in [3.05, 3.63) is 0 Å². The first-order valence-electron chi connectivity index (χ1n) is 11.7. The van der Waals surface area contributed by atoms with Crippen molar-refractivity contribution in [1.82, 2.24) is 31.3 Å². The van der Waals surface area contributed by atoms with E-state index in [1.807, 2.05) is 7.05 Å². The zero-order valence-electron chi connectivity index (χ0n) is 18.7. The maximum absolute atomic E-state index is 13.6. The van der Waals surface area contributed by atoms with Crippen LogP contribution in [0.25, 0.3) is 0 Å². The predicted molar refractivity (Wildman–Crippen MR) is 111 cm³/mol. The highest BCUT2D eigenvalue weighted by Gasteiger charge is 2.56. The third kappa shape index (κ3) is 4.73. The van der Waals surface area contributed by atoms with E-state index < -0.39 is 23.9 Å². The summed E-state index contributed by atoms with van der Waals surface area (Å²) in [6.45, 7) is 3.27. The van der Waals surface area contributed by atoms with E-state index in [1.165, 1.54) is 0 Å². The summed E-state index contributed by atoms with van der Waals surface area (Å²) in [6.07, 6.45) is -0.197. The van der Waals surface area contributed by atoms with Crippen molar-refractivity contribution in [2.24, 2.45) is 29.6 Å². The molecule has 3 heterocycles. The number of amides is 1. The van der Waals surface area contributed by atoms with Crippen LogP contribution in [0.15, 0.2) is 0 Å². The predicted octanol–water partition coefficient (Wildman–Crippen LogP) is 1.64. The van der Waals surface area contributed by atoms with Gasteiger partial charge < -0.3 is 10.2 Å². The van der Waals surface area contributed by atoms with Crippen molar-refractivity contribution in [2.45, 2.75) is 70.1 Å². The van der Waals surface area contributed by atoms with Gasteiger partial charge in [-0.2, -0.15) is 13.2 Å². The molecule has 10 heteroatoms. The van der Waals surface area contributed by atoms with Crippen LogP contribution in [0, 0.1) is 29.6 Å². The zero-order chi connectivity index (χ0) is 22.3. The van der Waals surface area contributed by atoms with Crippen LogP contribution in [-0.4, -0.2) is 67.7 Å². The summed E-state index contributed by atoms with van der Waals surface area (Å²) in [6, 6.07) is 0. The van der Waals surface area contributed by atoms with Gasteiger partial charge >= 0.3 is 6.18 Å². The number of hydrazine groups is 1. The smallest absolute Gasteiger partial charge is 0.327 e. The van der Waals surface area contributed by atoms with Crippen LogP contribution in [0.3, 0.4) is 0 Å². The minimum absolute atomic E-state index is 0.0485. The number of hydrogen-bond acceptors (Lipinski definition) is 6. The normalized spacial score (nSPS) is 40.9. The number of likely N-dealkylation sites (tertiary alicyclic amines) is 1. The minimum Gasteiger partial charge on any atom is -0.327 e. The van der Waals surface area contributed by atoms with Crippen LogP contribution in [0.1, 0.15) is 45.4 Å². The first-order valence-corrected chi connectivity index (χ1v) is 11.7. The van der Waals surface area contributed by atoms with Gasteiger partial charge in [0.25, 0.3) is 0 Å². The number of nitrogens with one attached hydrogen (secondary N) is 4. The molecule has 0 aromatic heterocycles. The molecular weight excluding hydrogens is 409 g/mol. The lowest BCUT2D eigenvalue weighted by Gasteiger charge is -2.43. The Labute approximate surface area is 182 Å². The van der Waals surface area contributed by atoms with Crippen LogP contribution < -0.4 is 21.5 Å². The highest BCUT2D eigenvalue weighted by molar-refractivity contribution is 5.82. The highest BCUT2D eigenvalue weighted by atomic mass is 19.4. The van der Waals surface area contributed by atoms with Crippen LogP contribution in [-0.2, 0) is 4.79 Å². The lowest BCUT2D eigenvalue weighted by atomic mass is 9.73. The maximum atomic E-state index is 13.6. The molecule has 3 saturated heterocycles. The number of hydrogen-bond donors (Lipinski definition) is 4. The Morgan fingerprint density at radius 3 is 2.68 bits per heavy atom. The molecule has 1 saturated carbocycles. The molecule has 3 aliphatic heterocycles. The standard InChI is InChI=1S/C21H37F3N6O/c1-12(7-19-28-26-11-29(19)3)13-8-17(25-2)27-18(9-13)30-10-15-14(20(30)31)5-4-6-16(15)21(22,23)24/h12-19,25-28H,4-11H2,1-3H3/t12-,13?,14?,15?,16?,17?,18?,19?/m1/s1. The molecule has 7 nitrogen and oxygen atoms in total. The van der Waals surface area contributed by atoms with E-state index in [9.17, 15) is 18.0 Å². The first kappa shape index (κ1) is 23.2. The molecule has 0 bridgehead atoms. The van der Waals surface area contributed by atoms with Gasteiger partial charge in [0.15, 0.2) is 0 Å². The Hall–Kier alpha value is -0.940. The molecule has 0 spiro atoms. The second-order valence-corrected chi connectivity index (χ2v) is 10.1. The number of nitrogens with zero attached hydrogens (tertiary/aromatic N) is 2. The quantitative estimate of drug-likeness (QED) is 0.515. The van der Waals surface area contributed by atoms with Gasteiger partial charge in [-0.15, -0.1) is 0 Å². The second kappa shape index (κ2) is 9.13. The fourth-order valence-electron chi connectivity index (χ4n) is 6.27. The van der Waals surface area contributed by atoms with Gasteiger partial charge in [-0.25, -0.2) is 10.9 Å². The second-order valence-electron chi connectivity index (χ2n) is 10.1. The third-order valence-corrected chi connectivity index (χ3v) is 8.20. The Bertz CT molecular complexity index is 649. The van der Waals surface area contributed by atoms with Crippen LogP contribution in [0.5, 0.6) is 0 Å². The molecule has 31 heavy (non-hydrogen) atoms. The van der Waals surface area contributed by atoms with Gasteiger partial charge in [-0.1, -0.05) is 13.3 Å². The molecule has 8 atom stereocenters. The number of carbonyl (C=O) groups is 1. The van der Waals surface area contributed by atoms with E-state index in [-0.39, 0.29) is 37.4 Å². The van der Waals surface area contributed by atoms with E-state index >= 15 is 0 Å². The van der Waals surface area contributed by atoms with Crippen LogP contribution in [0.4, 0.5) is 13.2 Å². The molecule has 178 valence electrons. The van der Waals surface area contributed by atoms with Crippen molar-refractivity contribution in [3.8, 4) is 0 Å². The third-order valence-electron chi connectivity index (χ3n) is 8.20. The van der Waals surface area contributed by atoms with E-state index in [2.05, 4.69) is 40.4 Å². The van der Waals surface area contributed by atoms with Gasteiger partial charge in [-0.05, 0) is 64.0 Å². The molecule has 4 aliphatic rings. The van der Waals surface area contributed by atoms with Gasteiger partial charge in [0.2, 0.25) is 5.91 Å². The summed E-state index contributed by atoms with van der Waals surface area (Å²) >= 11 is 0. The van der Waals surface area contributed by atoms with Crippen molar-refractivity contribution in [1.29, 1.82) is 0 Å². The van der Waals surface area contributed by atoms with Gasteiger partial charge in [0.1, 0.15) is 0 Å². The molecule has 0 radical (unpaired) electrons. The summed E-state index contributed by atoms with van der Waals surface area (Å²) < 4.78 is 40.8. The van der Waals surface area contributed by atoms with E-state index in [0.29, 0.717) is 24.7 Å². The van der Waals surface area contributed by atoms with Crippen molar-refractivity contribution in [3.63, 3.8) is 0 Å². The van der Waals surface area contributed by atoms with Crippen LogP contribution in [0.2, 0.25) is 0 Å². The number of alkyl halides is 3. The monoisotopic (exact) mass is 446 g/mol. The molecule has 1 amide bonds. The fraction of sp³-hybridized carbons (Fsp3) is 0.952. The highest BCUT2D eigenvalue weighted by Crippen LogP contribution is 2.48. The first-order chi connectivity index (χ1) is 14.7. The number of fused-ring (bicyclic) bond motifs is 1. The molecule has 0 aromatic rings. The SMILES string of the molecule is CNC1CC([C@H](C)CC2NNCN2C)CC(N2CC3C(CCCC3C(F)(F)F)C2=O)N1. The van der Waals surface area contributed by atoms with E-state index in [1.54, 1.807) is 4.90 Å². The average Bonchev–Trinajstić information content (AvgIpc) is 3.29. The molecule has 4 N–H and O–H groups in total. The van der Waals surface area contributed by atoms with E-state index in [4.69, 9.17) is 0 Å². The van der Waals surface area contributed by atoms with Crippen molar-refractivity contribution >= 4 is 5.91 Å². The topological polar surface area (TPSA) is 71.7 Å². The Morgan fingerprint density at radius 2 is 2.03 bits per heavy atom. The number of piperidine rings is 1. The molecular formula is C21H37F3N6O. The molecule has 7 unspecified atom stereocenters. The van der Waals surface area contributed by atoms with Gasteiger partial charge in [0.05, 0.1) is 31.1 Å². The number of halogens is 3. The molecule has 4 fully saturated rings. The summed E-state index contributed by atoms with van der Waals surface area (Å²) in [5, 5.41) is 6.79. The maximum Gasteiger partial charge on any atom is 0.392 e. The molecule has 4 rings (SSSR count). The van der Waals surface area contributed by atoms with Gasteiger partial charge in [0, 0.05) is 12.5 Å². The largest absolute Gasteiger partial charge is 0.392 e. The minimum atomic E-state index is -4.22. The van der Waals surface area contributed by atoms with Crippen LogP contribution >= 0.6 is 0 Å². The lowest BCUT2D eigenvalue weighted by molar-refractivity contribution is -0.198. The summed E-state index contributed by atoms with van der Waals surface area (Å²) in [4.78, 5) is 17.2. The Kier molecular flexibility index (Phi) is 6.84. The summed E-state index contributed by atoms with van der Waals surface area (Å²) in [5.74, 6) is -1.71. The summed E-state index contributed by atoms with van der Waals surface area (Å²) in [7, 11) is 3.97. The average molecular weight is 447 g/mol. The lowest BCUT2D eigenvalue weighted by Crippen LogP contribution is -2.59. The zero-order valence-corrected chi connectivity index (χ0v) is 18.7. The van der Waals surface area contributed by atoms with Gasteiger partial charge in [-0.3, -0.25) is 15.0 Å². The number of carbonyl (C=O) groups excluding carboxylic acids is 1. The van der Waals surface area contributed by atoms with Crippen molar-refractivity contribution < 1.29 is 18.0 Å². The summed E-state index contributed by atoms with van der Waals surface area (Å²) in [5.41, 5.74) is 6.46. The van der Waals surface area contributed by atoms with E-state index in [0.717, 1.165) is 25.9 Å². The Morgan fingerprint density at radius 1 is 1.26 bits per heavy atom. The Balaban J connectivity index is 1.46. The van der Waals surface area contributed by atoms with Crippen molar-refractivity contribution in [2.75, 3.05) is 27.3 Å².